The second-order valence-electron chi connectivity index (χ2n) is 5.90. The molecule has 0 heterocycles. The van der Waals surface area contributed by atoms with Crippen LogP contribution in [-0.2, 0) is 0 Å². The number of hydrogen-bond donors (Lipinski definition) is 1. The van der Waals surface area contributed by atoms with Gasteiger partial charge in [-0.2, -0.15) is 0 Å². The molecule has 16 heavy (non-hydrogen) atoms. The van der Waals surface area contributed by atoms with Gasteiger partial charge in [0.2, 0.25) is 0 Å². The SMILES string of the molecule is CC(C)(C)[Si](C)(C)C=Cc1ccc(O)cc1. The maximum absolute atomic E-state index is 9.20. The molecule has 0 amide bonds. The molecule has 0 saturated carbocycles. The molecular formula is C14H22OSi. The minimum absolute atomic E-state index is 0.324. The van der Waals surface area contributed by atoms with Gasteiger partial charge in [0.15, 0.2) is 0 Å². The van der Waals surface area contributed by atoms with E-state index in [0.29, 0.717) is 10.8 Å². The summed E-state index contributed by atoms with van der Waals surface area (Å²) in [5.41, 5.74) is 3.53. The molecule has 0 fully saturated rings. The number of hydrogen-bond acceptors (Lipinski definition) is 1. The lowest BCUT2D eigenvalue weighted by atomic mass is 10.2. The average molecular weight is 234 g/mol. The highest BCUT2D eigenvalue weighted by Gasteiger charge is 2.32. The number of rotatable bonds is 2. The van der Waals surface area contributed by atoms with Gasteiger partial charge in [0.1, 0.15) is 5.75 Å². The van der Waals surface area contributed by atoms with Gasteiger partial charge >= 0.3 is 0 Å². The van der Waals surface area contributed by atoms with Crippen LogP contribution in [0.2, 0.25) is 18.1 Å². The maximum Gasteiger partial charge on any atom is 0.115 e. The number of phenols is 1. The molecule has 0 aliphatic carbocycles. The van der Waals surface area contributed by atoms with Gasteiger partial charge in [-0.15, -0.1) is 0 Å². The Labute approximate surface area is 99.8 Å². The molecule has 0 aliphatic heterocycles. The zero-order valence-electron chi connectivity index (χ0n) is 10.9. The van der Waals surface area contributed by atoms with E-state index in [4.69, 9.17) is 0 Å². The molecule has 0 spiro atoms. The van der Waals surface area contributed by atoms with E-state index in [1.165, 1.54) is 0 Å². The molecule has 1 aromatic rings. The summed E-state index contributed by atoms with van der Waals surface area (Å²) >= 11 is 0. The Kier molecular flexibility index (Phi) is 3.63. The van der Waals surface area contributed by atoms with Crippen molar-refractivity contribution >= 4 is 14.1 Å². The highest BCUT2D eigenvalue weighted by molar-refractivity contribution is 6.85. The van der Waals surface area contributed by atoms with Gasteiger partial charge in [-0.05, 0) is 22.7 Å². The Morgan fingerprint density at radius 3 is 2.00 bits per heavy atom. The van der Waals surface area contributed by atoms with Gasteiger partial charge in [-0.25, -0.2) is 0 Å². The molecule has 2 heteroatoms. The molecule has 0 aliphatic rings. The second kappa shape index (κ2) is 4.46. The summed E-state index contributed by atoms with van der Waals surface area (Å²) in [6, 6.07) is 7.34. The second-order valence-corrected chi connectivity index (χ2v) is 11.2. The lowest BCUT2D eigenvalue weighted by Crippen LogP contribution is -2.34. The lowest BCUT2D eigenvalue weighted by molar-refractivity contribution is 0.475. The molecular weight excluding hydrogens is 212 g/mol. The highest BCUT2D eigenvalue weighted by Crippen LogP contribution is 2.37. The lowest BCUT2D eigenvalue weighted by Gasteiger charge is -2.34. The molecule has 0 unspecified atom stereocenters. The zero-order chi connectivity index (χ0) is 12.4. The van der Waals surface area contributed by atoms with E-state index in [-0.39, 0.29) is 0 Å². The van der Waals surface area contributed by atoms with Crippen LogP contribution in [0.25, 0.3) is 6.08 Å². The molecule has 1 aromatic carbocycles. The Morgan fingerprint density at radius 1 is 1.06 bits per heavy atom. The Balaban J connectivity index is 2.85. The fraction of sp³-hybridized carbons (Fsp3) is 0.429. The van der Waals surface area contributed by atoms with E-state index < -0.39 is 8.07 Å². The van der Waals surface area contributed by atoms with Gasteiger partial charge < -0.3 is 5.11 Å². The van der Waals surface area contributed by atoms with Crippen molar-refractivity contribution in [3.8, 4) is 5.75 Å². The number of phenolic OH excluding ortho intramolecular Hbond substituents is 1. The van der Waals surface area contributed by atoms with Crippen LogP contribution in [0.5, 0.6) is 5.75 Å². The van der Waals surface area contributed by atoms with Crippen molar-refractivity contribution in [3.05, 3.63) is 35.5 Å². The third-order valence-corrected chi connectivity index (χ3v) is 8.38. The van der Waals surface area contributed by atoms with Crippen molar-refractivity contribution in [1.29, 1.82) is 0 Å². The predicted molar refractivity (Wildman–Crippen MR) is 74.3 cm³/mol. The molecule has 0 saturated heterocycles. The molecule has 88 valence electrons. The Morgan fingerprint density at radius 2 is 1.56 bits per heavy atom. The third kappa shape index (κ3) is 3.24. The van der Waals surface area contributed by atoms with Gasteiger partial charge in [-0.1, -0.05) is 57.8 Å². The molecule has 0 radical (unpaired) electrons. The van der Waals surface area contributed by atoms with Crippen molar-refractivity contribution in [3.63, 3.8) is 0 Å². The van der Waals surface area contributed by atoms with Crippen LogP contribution in [0.1, 0.15) is 26.3 Å². The summed E-state index contributed by atoms with van der Waals surface area (Å²) < 4.78 is 0. The van der Waals surface area contributed by atoms with Crippen molar-refractivity contribution in [1.82, 2.24) is 0 Å². The summed E-state index contributed by atoms with van der Waals surface area (Å²) in [5.74, 6) is 0.324. The third-order valence-electron chi connectivity index (χ3n) is 3.52. The summed E-state index contributed by atoms with van der Waals surface area (Å²) in [6.45, 7) is 11.7. The van der Waals surface area contributed by atoms with Gasteiger partial charge in [0, 0.05) is 0 Å². The summed E-state index contributed by atoms with van der Waals surface area (Å²) in [4.78, 5) is 0. The van der Waals surface area contributed by atoms with Crippen molar-refractivity contribution in [2.45, 2.75) is 38.9 Å². The molecule has 1 N–H and O–H groups in total. The fourth-order valence-corrected chi connectivity index (χ4v) is 2.25. The maximum atomic E-state index is 9.20. The molecule has 0 bridgehead atoms. The van der Waals surface area contributed by atoms with Crippen molar-refractivity contribution < 1.29 is 5.11 Å². The first-order valence-electron chi connectivity index (χ1n) is 5.71. The van der Waals surface area contributed by atoms with Crippen LogP contribution < -0.4 is 0 Å². The molecule has 0 atom stereocenters. The first-order chi connectivity index (χ1) is 7.22. The normalized spacial score (nSPS) is 13.3. The summed E-state index contributed by atoms with van der Waals surface area (Å²) in [6.07, 6.45) is 2.18. The van der Waals surface area contributed by atoms with E-state index >= 15 is 0 Å². The largest absolute Gasteiger partial charge is 0.508 e. The van der Waals surface area contributed by atoms with Crippen molar-refractivity contribution in [2.75, 3.05) is 0 Å². The van der Waals surface area contributed by atoms with Gasteiger partial charge in [0.05, 0.1) is 8.07 Å². The number of aromatic hydroxyl groups is 1. The van der Waals surface area contributed by atoms with Crippen LogP contribution >= 0.6 is 0 Å². The Bertz CT molecular complexity index is 369. The van der Waals surface area contributed by atoms with Crippen LogP contribution in [0, 0.1) is 0 Å². The molecule has 1 rings (SSSR count). The van der Waals surface area contributed by atoms with E-state index in [9.17, 15) is 5.11 Å². The Hall–Kier alpha value is -1.02. The first kappa shape index (κ1) is 13.0. The first-order valence-corrected chi connectivity index (χ1v) is 8.78. The average Bonchev–Trinajstić information content (AvgIpc) is 2.15. The smallest absolute Gasteiger partial charge is 0.115 e. The van der Waals surface area contributed by atoms with Gasteiger partial charge in [-0.3, -0.25) is 0 Å². The zero-order valence-corrected chi connectivity index (χ0v) is 11.9. The monoisotopic (exact) mass is 234 g/mol. The van der Waals surface area contributed by atoms with E-state index in [0.717, 1.165) is 5.56 Å². The van der Waals surface area contributed by atoms with Crippen LogP contribution in [0.3, 0.4) is 0 Å². The van der Waals surface area contributed by atoms with Gasteiger partial charge in [0.25, 0.3) is 0 Å². The quantitative estimate of drug-likeness (QED) is 0.749. The van der Waals surface area contributed by atoms with E-state index in [1.807, 2.05) is 12.1 Å². The minimum Gasteiger partial charge on any atom is -0.508 e. The van der Waals surface area contributed by atoms with E-state index in [1.54, 1.807) is 12.1 Å². The van der Waals surface area contributed by atoms with Crippen LogP contribution in [0.4, 0.5) is 0 Å². The minimum atomic E-state index is -1.34. The van der Waals surface area contributed by atoms with E-state index in [2.05, 4.69) is 45.6 Å². The standard InChI is InChI=1S/C14H22OSi/c1-14(2,3)16(4,5)11-10-12-6-8-13(15)9-7-12/h6-11,15H,1-5H3. The van der Waals surface area contributed by atoms with Crippen LogP contribution in [-0.4, -0.2) is 13.2 Å². The van der Waals surface area contributed by atoms with Crippen molar-refractivity contribution in [2.24, 2.45) is 0 Å². The molecule has 1 nitrogen and oxygen atoms in total. The summed E-state index contributed by atoms with van der Waals surface area (Å²) in [5, 5.41) is 9.57. The molecule has 0 aromatic heterocycles. The highest BCUT2D eigenvalue weighted by atomic mass is 28.3. The predicted octanol–water partition coefficient (Wildman–Crippen LogP) is 4.45. The fourth-order valence-electron chi connectivity index (χ4n) is 1.14. The van der Waals surface area contributed by atoms with Crippen LogP contribution in [0.15, 0.2) is 30.0 Å². The summed E-state index contributed by atoms with van der Waals surface area (Å²) in [7, 11) is -1.34. The number of benzene rings is 1. The topological polar surface area (TPSA) is 20.2 Å².